The van der Waals surface area contributed by atoms with Crippen LogP contribution >= 0.6 is 11.6 Å². The predicted molar refractivity (Wildman–Crippen MR) is 84.3 cm³/mol. The number of anilines is 1. The van der Waals surface area contributed by atoms with Crippen molar-refractivity contribution in [3.63, 3.8) is 0 Å². The molecule has 0 bridgehead atoms. The van der Waals surface area contributed by atoms with Crippen LogP contribution in [0.3, 0.4) is 0 Å². The van der Waals surface area contributed by atoms with Crippen LogP contribution in [-0.4, -0.2) is 35.3 Å². The second kappa shape index (κ2) is 6.61. The van der Waals surface area contributed by atoms with Crippen molar-refractivity contribution in [3.8, 4) is 6.07 Å². The molecule has 1 unspecified atom stereocenters. The van der Waals surface area contributed by atoms with Gasteiger partial charge in [-0.3, -0.25) is 4.68 Å². The molecule has 0 aliphatic carbocycles. The Morgan fingerprint density at radius 2 is 2.24 bits per heavy atom. The highest BCUT2D eigenvalue weighted by atomic mass is 35.5. The van der Waals surface area contributed by atoms with Gasteiger partial charge in [-0.15, -0.1) is 0 Å². The molecule has 1 heterocycles. The summed E-state index contributed by atoms with van der Waals surface area (Å²) in [5.41, 5.74) is 2.46. The van der Waals surface area contributed by atoms with E-state index < -0.39 is 0 Å². The molecule has 1 N–H and O–H groups in total. The number of aryl methyl sites for hydroxylation is 1. The van der Waals surface area contributed by atoms with Crippen molar-refractivity contribution in [1.82, 2.24) is 14.7 Å². The van der Waals surface area contributed by atoms with Gasteiger partial charge in [0.1, 0.15) is 6.07 Å². The maximum Gasteiger partial charge on any atom is 0.101 e. The van der Waals surface area contributed by atoms with Crippen molar-refractivity contribution < 1.29 is 0 Å². The predicted octanol–water partition coefficient (Wildman–Crippen LogP) is 2.66. The number of nitrogens with one attached hydrogen (secondary N) is 1. The third-order valence-corrected chi connectivity index (χ3v) is 3.56. The molecule has 0 aliphatic rings. The first-order valence-electron chi connectivity index (χ1n) is 6.59. The van der Waals surface area contributed by atoms with Crippen LogP contribution in [0.4, 0.5) is 5.69 Å². The molecule has 1 atom stereocenters. The van der Waals surface area contributed by atoms with Crippen LogP contribution in [0.15, 0.2) is 30.6 Å². The molecule has 0 fully saturated rings. The second-order valence-electron chi connectivity index (χ2n) is 5.11. The van der Waals surface area contributed by atoms with Crippen molar-refractivity contribution in [2.45, 2.75) is 6.04 Å². The number of likely N-dealkylation sites (N-methyl/N-ethyl adjacent to an activating group) is 1. The lowest BCUT2D eigenvalue weighted by molar-refractivity contribution is 0.311. The SMILES string of the molecule is CN(C)C(CNc1cc(Cl)ccc1C#N)c1cnn(C)c1. The number of nitrogens with zero attached hydrogens (tertiary/aromatic N) is 4. The van der Waals surface area contributed by atoms with Crippen LogP contribution in [0.5, 0.6) is 0 Å². The number of aromatic nitrogens is 2. The van der Waals surface area contributed by atoms with Gasteiger partial charge in [0.25, 0.3) is 0 Å². The molecule has 0 amide bonds. The van der Waals surface area contributed by atoms with Crippen molar-refractivity contribution in [2.24, 2.45) is 7.05 Å². The Bertz CT molecular complexity index is 656. The molecule has 1 aromatic heterocycles. The number of rotatable bonds is 5. The average Bonchev–Trinajstić information content (AvgIpc) is 2.85. The molecular formula is C15H18ClN5. The van der Waals surface area contributed by atoms with E-state index in [1.165, 1.54) is 0 Å². The zero-order valence-electron chi connectivity index (χ0n) is 12.3. The number of hydrogen-bond acceptors (Lipinski definition) is 4. The minimum absolute atomic E-state index is 0.157. The Kier molecular flexibility index (Phi) is 4.84. The summed E-state index contributed by atoms with van der Waals surface area (Å²) in [5.74, 6) is 0. The van der Waals surface area contributed by atoms with Crippen molar-refractivity contribution >= 4 is 17.3 Å². The summed E-state index contributed by atoms with van der Waals surface area (Å²) in [7, 11) is 5.93. The second-order valence-corrected chi connectivity index (χ2v) is 5.55. The topological polar surface area (TPSA) is 56.9 Å². The van der Waals surface area contributed by atoms with Gasteiger partial charge in [0, 0.05) is 30.4 Å². The molecule has 1 aromatic carbocycles. The van der Waals surface area contributed by atoms with E-state index in [1.807, 2.05) is 33.5 Å². The minimum Gasteiger partial charge on any atom is -0.382 e. The minimum atomic E-state index is 0.157. The van der Waals surface area contributed by atoms with E-state index in [9.17, 15) is 0 Å². The largest absolute Gasteiger partial charge is 0.382 e. The van der Waals surface area contributed by atoms with Crippen LogP contribution in [0, 0.1) is 11.3 Å². The van der Waals surface area contributed by atoms with Gasteiger partial charge in [0.15, 0.2) is 0 Å². The Balaban J connectivity index is 2.16. The monoisotopic (exact) mass is 303 g/mol. The molecule has 6 heteroatoms. The van der Waals surface area contributed by atoms with Gasteiger partial charge >= 0.3 is 0 Å². The molecule has 0 saturated carbocycles. The Morgan fingerprint density at radius 3 is 2.81 bits per heavy atom. The standard InChI is InChI=1S/C15H18ClN5/c1-20(2)15(12-8-19-21(3)10-12)9-18-14-6-13(16)5-4-11(14)7-17/h4-6,8,10,15,18H,9H2,1-3H3. The average molecular weight is 304 g/mol. The first-order chi connectivity index (χ1) is 10.0. The van der Waals surface area contributed by atoms with Crippen LogP contribution in [-0.2, 0) is 7.05 Å². The zero-order valence-corrected chi connectivity index (χ0v) is 13.1. The van der Waals surface area contributed by atoms with Gasteiger partial charge in [-0.1, -0.05) is 11.6 Å². The zero-order chi connectivity index (χ0) is 15.4. The fourth-order valence-corrected chi connectivity index (χ4v) is 2.35. The summed E-state index contributed by atoms with van der Waals surface area (Å²) in [5, 5.41) is 17.3. The third-order valence-electron chi connectivity index (χ3n) is 3.32. The van der Waals surface area contributed by atoms with Gasteiger partial charge in [-0.05, 0) is 32.3 Å². The summed E-state index contributed by atoms with van der Waals surface area (Å²) in [6.45, 7) is 0.660. The molecule has 0 radical (unpaired) electrons. The lowest BCUT2D eigenvalue weighted by Crippen LogP contribution is -2.26. The Morgan fingerprint density at radius 1 is 1.48 bits per heavy atom. The number of halogens is 1. The number of benzene rings is 1. The Hall–Kier alpha value is -2.03. The van der Waals surface area contributed by atoms with Gasteiger partial charge in [-0.25, -0.2) is 0 Å². The first kappa shape index (κ1) is 15.4. The van der Waals surface area contributed by atoms with Crippen LogP contribution in [0.2, 0.25) is 5.02 Å². The van der Waals surface area contributed by atoms with E-state index in [4.69, 9.17) is 16.9 Å². The summed E-state index contributed by atoms with van der Waals surface area (Å²) in [6, 6.07) is 7.54. The number of nitriles is 1. The van der Waals surface area contributed by atoms with Crippen molar-refractivity contribution in [1.29, 1.82) is 5.26 Å². The molecule has 2 aromatic rings. The van der Waals surface area contributed by atoms with E-state index in [0.717, 1.165) is 11.3 Å². The van der Waals surface area contributed by atoms with E-state index in [-0.39, 0.29) is 6.04 Å². The van der Waals surface area contributed by atoms with Crippen LogP contribution in [0.25, 0.3) is 0 Å². The normalized spacial score (nSPS) is 12.2. The highest BCUT2D eigenvalue weighted by Crippen LogP contribution is 2.23. The molecule has 5 nitrogen and oxygen atoms in total. The highest BCUT2D eigenvalue weighted by molar-refractivity contribution is 6.30. The molecule has 2 rings (SSSR count). The lowest BCUT2D eigenvalue weighted by Gasteiger charge is -2.24. The van der Waals surface area contributed by atoms with E-state index in [2.05, 4.69) is 21.4 Å². The molecule has 0 aliphatic heterocycles. The first-order valence-corrected chi connectivity index (χ1v) is 6.97. The van der Waals surface area contributed by atoms with E-state index >= 15 is 0 Å². The molecule has 0 saturated heterocycles. The van der Waals surface area contributed by atoms with Gasteiger partial charge in [0.05, 0.1) is 23.5 Å². The van der Waals surface area contributed by atoms with Crippen molar-refractivity contribution in [2.75, 3.05) is 26.0 Å². The Labute approximate surface area is 129 Å². The molecule has 21 heavy (non-hydrogen) atoms. The maximum absolute atomic E-state index is 9.15. The smallest absolute Gasteiger partial charge is 0.101 e. The number of hydrogen-bond donors (Lipinski definition) is 1. The summed E-state index contributed by atoms with van der Waals surface area (Å²) in [4.78, 5) is 2.11. The summed E-state index contributed by atoms with van der Waals surface area (Å²) >= 11 is 6.00. The molecule has 0 spiro atoms. The van der Waals surface area contributed by atoms with Crippen molar-refractivity contribution in [3.05, 3.63) is 46.7 Å². The lowest BCUT2D eigenvalue weighted by atomic mass is 10.1. The van der Waals surface area contributed by atoms with E-state index in [1.54, 1.807) is 22.9 Å². The van der Waals surface area contributed by atoms with Gasteiger partial charge in [0.2, 0.25) is 0 Å². The quantitative estimate of drug-likeness (QED) is 0.922. The maximum atomic E-state index is 9.15. The summed E-state index contributed by atoms with van der Waals surface area (Å²) in [6.07, 6.45) is 3.85. The van der Waals surface area contributed by atoms with Crippen LogP contribution < -0.4 is 5.32 Å². The van der Waals surface area contributed by atoms with Gasteiger partial charge in [-0.2, -0.15) is 10.4 Å². The molecule has 110 valence electrons. The molecular weight excluding hydrogens is 286 g/mol. The van der Waals surface area contributed by atoms with E-state index in [0.29, 0.717) is 17.1 Å². The third kappa shape index (κ3) is 3.75. The van der Waals surface area contributed by atoms with Gasteiger partial charge < -0.3 is 10.2 Å². The summed E-state index contributed by atoms with van der Waals surface area (Å²) < 4.78 is 1.78. The highest BCUT2D eigenvalue weighted by Gasteiger charge is 2.16. The fraction of sp³-hybridized carbons (Fsp3) is 0.333. The van der Waals surface area contributed by atoms with Crippen LogP contribution in [0.1, 0.15) is 17.2 Å². The fourth-order valence-electron chi connectivity index (χ4n) is 2.18.